The van der Waals surface area contributed by atoms with Crippen LogP contribution in [0, 0.1) is 0 Å². The lowest BCUT2D eigenvalue weighted by Crippen LogP contribution is -2.25. The number of amides is 2. The van der Waals surface area contributed by atoms with Crippen LogP contribution in [0.3, 0.4) is 0 Å². The molecule has 2 N–H and O–H groups in total. The molecule has 0 bridgehead atoms. The third-order valence-electron chi connectivity index (χ3n) is 3.00. The minimum atomic E-state index is -4.43. The first-order valence-electron chi connectivity index (χ1n) is 7.31. The van der Waals surface area contributed by atoms with Gasteiger partial charge in [0, 0.05) is 17.9 Å². The number of para-hydroxylation sites is 1. The number of alkyl halides is 3. The van der Waals surface area contributed by atoms with E-state index in [0.717, 1.165) is 0 Å². The average molecular weight is 372 g/mol. The van der Waals surface area contributed by atoms with Gasteiger partial charge in [-0.05, 0) is 42.4 Å². The van der Waals surface area contributed by atoms with Gasteiger partial charge in [-0.2, -0.15) is 13.2 Å². The van der Waals surface area contributed by atoms with Crippen LogP contribution in [0.2, 0.25) is 0 Å². The zero-order chi connectivity index (χ0) is 18.3. The van der Waals surface area contributed by atoms with E-state index < -0.39 is 17.3 Å². The lowest BCUT2D eigenvalue weighted by atomic mass is 10.2. The Bertz CT molecular complexity index is 718. The Hall–Kier alpha value is -2.42. The molecule has 2 amide bonds. The van der Waals surface area contributed by atoms with Crippen molar-refractivity contribution in [3.8, 4) is 0 Å². The van der Waals surface area contributed by atoms with Crippen molar-refractivity contribution >= 4 is 29.3 Å². The molecule has 5 nitrogen and oxygen atoms in total. The highest BCUT2D eigenvalue weighted by atomic mass is 32.2. The molecule has 0 aliphatic rings. The van der Waals surface area contributed by atoms with Gasteiger partial charge in [0.05, 0.1) is 12.0 Å². The monoisotopic (exact) mass is 372 g/mol. The summed E-state index contributed by atoms with van der Waals surface area (Å²) in [5.41, 5.74) is -4.33. The number of carbonyl (C=O) groups excluding carboxylic acids is 2. The third kappa shape index (κ3) is 6.54. The summed E-state index contributed by atoms with van der Waals surface area (Å²) >= 11 is -0.282. The van der Waals surface area contributed by atoms with Crippen LogP contribution in [0.4, 0.5) is 18.9 Å². The molecule has 1 heterocycles. The van der Waals surface area contributed by atoms with Crippen molar-refractivity contribution in [1.29, 1.82) is 0 Å². The zero-order valence-corrected chi connectivity index (χ0v) is 13.7. The highest BCUT2D eigenvalue weighted by Gasteiger charge is 2.30. The first-order chi connectivity index (χ1) is 11.8. The third-order valence-corrected chi connectivity index (χ3v) is 3.81. The Balaban J connectivity index is 1.78. The molecule has 0 aliphatic heterocycles. The van der Waals surface area contributed by atoms with Gasteiger partial charge >= 0.3 is 5.51 Å². The molecule has 0 spiro atoms. The number of furan rings is 1. The maximum absolute atomic E-state index is 12.5. The van der Waals surface area contributed by atoms with Crippen LogP contribution in [0.1, 0.15) is 23.4 Å². The van der Waals surface area contributed by atoms with Gasteiger partial charge in [-0.1, -0.05) is 12.1 Å². The Morgan fingerprint density at radius 2 is 1.88 bits per heavy atom. The molecular weight excluding hydrogens is 357 g/mol. The Labute approximate surface area is 146 Å². The molecule has 9 heteroatoms. The summed E-state index contributed by atoms with van der Waals surface area (Å²) in [5.74, 6) is -0.651. The van der Waals surface area contributed by atoms with E-state index in [1.54, 1.807) is 12.1 Å². The minimum Gasteiger partial charge on any atom is -0.459 e. The molecule has 0 radical (unpaired) electrons. The van der Waals surface area contributed by atoms with Crippen LogP contribution in [0.15, 0.2) is 52.0 Å². The molecule has 1 aromatic carbocycles. The fourth-order valence-electron chi connectivity index (χ4n) is 1.94. The summed E-state index contributed by atoms with van der Waals surface area (Å²) < 4.78 is 42.4. The normalized spacial score (nSPS) is 11.2. The molecule has 0 unspecified atom stereocenters. The van der Waals surface area contributed by atoms with E-state index in [1.165, 1.54) is 30.5 Å². The lowest BCUT2D eigenvalue weighted by molar-refractivity contribution is -0.116. The van der Waals surface area contributed by atoms with E-state index in [1.807, 2.05) is 0 Å². The number of hydrogen-bond acceptors (Lipinski definition) is 4. The molecule has 0 aliphatic carbocycles. The average Bonchev–Trinajstić information content (AvgIpc) is 3.06. The standard InChI is InChI=1S/C16H15F3N2O3S/c17-16(18,19)25-13-7-2-1-5-11(13)21-14(22)8-3-9-20-15(23)12-6-4-10-24-12/h1-2,4-7,10H,3,8-9H2,(H,20,23)(H,21,22). The second-order valence-electron chi connectivity index (χ2n) is 4.93. The number of anilines is 1. The largest absolute Gasteiger partial charge is 0.459 e. The smallest absolute Gasteiger partial charge is 0.446 e. The van der Waals surface area contributed by atoms with Crippen molar-refractivity contribution in [3.05, 3.63) is 48.4 Å². The van der Waals surface area contributed by atoms with Crippen LogP contribution in [0.5, 0.6) is 0 Å². The second-order valence-corrected chi connectivity index (χ2v) is 6.04. The number of halogens is 3. The quantitative estimate of drug-likeness (QED) is 0.568. The number of rotatable bonds is 7. The van der Waals surface area contributed by atoms with Crippen molar-refractivity contribution in [1.82, 2.24) is 5.32 Å². The molecule has 0 saturated heterocycles. The fourth-order valence-corrected chi connectivity index (χ4v) is 2.57. The summed E-state index contributed by atoms with van der Waals surface area (Å²) in [6, 6.07) is 8.80. The Morgan fingerprint density at radius 1 is 1.12 bits per heavy atom. The highest BCUT2D eigenvalue weighted by molar-refractivity contribution is 8.00. The fraction of sp³-hybridized carbons (Fsp3) is 0.250. The number of carbonyl (C=O) groups is 2. The topological polar surface area (TPSA) is 71.3 Å². The SMILES string of the molecule is O=C(CCCNC(=O)c1ccco1)Nc1ccccc1SC(F)(F)F. The van der Waals surface area contributed by atoms with Crippen molar-refractivity contribution in [2.24, 2.45) is 0 Å². The molecule has 25 heavy (non-hydrogen) atoms. The van der Waals surface area contributed by atoms with Gasteiger partial charge in [-0.3, -0.25) is 9.59 Å². The molecule has 2 rings (SSSR count). The Morgan fingerprint density at radius 3 is 2.56 bits per heavy atom. The van der Waals surface area contributed by atoms with Crippen LogP contribution in [-0.2, 0) is 4.79 Å². The van der Waals surface area contributed by atoms with Crippen LogP contribution in [-0.4, -0.2) is 23.9 Å². The van der Waals surface area contributed by atoms with Crippen molar-refractivity contribution in [2.75, 3.05) is 11.9 Å². The first kappa shape index (κ1) is 18.9. The van der Waals surface area contributed by atoms with E-state index in [2.05, 4.69) is 10.6 Å². The van der Waals surface area contributed by atoms with Crippen molar-refractivity contribution < 1.29 is 27.2 Å². The molecule has 1 aromatic heterocycles. The van der Waals surface area contributed by atoms with Crippen LogP contribution < -0.4 is 10.6 Å². The van der Waals surface area contributed by atoms with Crippen molar-refractivity contribution in [3.63, 3.8) is 0 Å². The van der Waals surface area contributed by atoms with Gasteiger partial charge in [-0.15, -0.1) is 0 Å². The molecular formula is C16H15F3N2O3S. The maximum Gasteiger partial charge on any atom is 0.446 e. The molecule has 0 fully saturated rings. The van der Waals surface area contributed by atoms with Crippen molar-refractivity contribution in [2.45, 2.75) is 23.2 Å². The number of hydrogen-bond donors (Lipinski definition) is 2. The Kier molecular flexibility index (Phi) is 6.51. The van der Waals surface area contributed by atoms with Gasteiger partial charge in [-0.25, -0.2) is 0 Å². The van der Waals surface area contributed by atoms with Gasteiger partial charge in [0.15, 0.2) is 5.76 Å². The predicted molar refractivity (Wildman–Crippen MR) is 87.3 cm³/mol. The summed E-state index contributed by atoms with van der Waals surface area (Å²) in [6.07, 6.45) is 1.77. The van der Waals surface area contributed by atoms with Gasteiger partial charge < -0.3 is 15.1 Å². The zero-order valence-electron chi connectivity index (χ0n) is 12.9. The second kappa shape index (κ2) is 8.61. The van der Waals surface area contributed by atoms with E-state index in [-0.39, 0.29) is 41.1 Å². The summed E-state index contributed by atoms with van der Waals surface area (Å²) in [4.78, 5) is 23.4. The van der Waals surface area contributed by atoms with Gasteiger partial charge in [0.2, 0.25) is 5.91 Å². The molecule has 134 valence electrons. The first-order valence-corrected chi connectivity index (χ1v) is 8.13. The molecule has 0 atom stereocenters. The van der Waals surface area contributed by atoms with Gasteiger partial charge in [0.1, 0.15) is 0 Å². The van der Waals surface area contributed by atoms with E-state index >= 15 is 0 Å². The predicted octanol–water partition coefficient (Wildman–Crippen LogP) is 4.04. The minimum absolute atomic E-state index is 0.0590. The summed E-state index contributed by atoms with van der Waals surface area (Å²) in [7, 11) is 0. The number of benzene rings is 1. The van der Waals surface area contributed by atoms with E-state index in [4.69, 9.17) is 4.42 Å². The maximum atomic E-state index is 12.5. The van der Waals surface area contributed by atoms with E-state index in [0.29, 0.717) is 6.42 Å². The van der Waals surface area contributed by atoms with E-state index in [9.17, 15) is 22.8 Å². The lowest BCUT2D eigenvalue weighted by Gasteiger charge is -2.12. The van der Waals surface area contributed by atoms with Crippen LogP contribution >= 0.6 is 11.8 Å². The molecule has 0 saturated carbocycles. The molecule has 2 aromatic rings. The summed E-state index contributed by atoms with van der Waals surface area (Å²) in [6.45, 7) is 0.242. The van der Waals surface area contributed by atoms with Gasteiger partial charge in [0.25, 0.3) is 5.91 Å². The number of nitrogens with one attached hydrogen (secondary N) is 2. The number of thioether (sulfide) groups is 1. The van der Waals surface area contributed by atoms with Crippen LogP contribution in [0.25, 0.3) is 0 Å². The summed E-state index contributed by atoms with van der Waals surface area (Å²) in [5, 5.41) is 5.04. The highest BCUT2D eigenvalue weighted by Crippen LogP contribution is 2.40.